The van der Waals surface area contributed by atoms with E-state index in [9.17, 15) is 4.79 Å². The molecule has 6 nitrogen and oxygen atoms in total. The minimum Gasteiger partial charge on any atom is -0.452 e. The monoisotopic (exact) mass is 357 g/mol. The van der Waals surface area contributed by atoms with Gasteiger partial charge in [-0.05, 0) is 24.3 Å². The zero-order valence-corrected chi connectivity index (χ0v) is 14.3. The molecule has 0 aliphatic rings. The molecule has 0 radical (unpaired) electrons. The summed E-state index contributed by atoms with van der Waals surface area (Å²) < 4.78 is 10.7. The van der Waals surface area contributed by atoms with Crippen molar-refractivity contribution in [3.8, 4) is 11.5 Å². The second-order valence-electron chi connectivity index (χ2n) is 5.73. The van der Waals surface area contributed by atoms with E-state index in [-0.39, 0.29) is 12.5 Å². The van der Waals surface area contributed by atoms with Gasteiger partial charge in [-0.3, -0.25) is 4.98 Å². The van der Waals surface area contributed by atoms with Gasteiger partial charge in [-0.2, -0.15) is 0 Å². The van der Waals surface area contributed by atoms with Crippen LogP contribution in [0.4, 0.5) is 0 Å². The SMILES string of the molecule is O=C(/C=C/c1cccc2cccnc12)OCc1nnc(-c2ccccc2)o1. The van der Waals surface area contributed by atoms with Crippen molar-refractivity contribution in [3.05, 3.63) is 84.4 Å². The van der Waals surface area contributed by atoms with Gasteiger partial charge < -0.3 is 9.15 Å². The van der Waals surface area contributed by atoms with Crippen LogP contribution in [-0.4, -0.2) is 21.2 Å². The van der Waals surface area contributed by atoms with Crippen LogP contribution in [-0.2, 0) is 16.1 Å². The lowest BCUT2D eigenvalue weighted by Gasteiger charge is -2.01. The number of carbonyl (C=O) groups is 1. The van der Waals surface area contributed by atoms with Crippen molar-refractivity contribution in [3.63, 3.8) is 0 Å². The van der Waals surface area contributed by atoms with Crippen molar-refractivity contribution in [1.29, 1.82) is 0 Å². The molecule has 0 saturated heterocycles. The molecule has 0 bridgehead atoms. The number of hydrogen-bond acceptors (Lipinski definition) is 6. The van der Waals surface area contributed by atoms with E-state index in [1.165, 1.54) is 6.08 Å². The van der Waals surface area contributed by atoms with Crippen LogP contribution in [0.3, 0.4) is 0 Å². The van der Waals surface area contributed by atoms with Gasteiger partial charge in [0.2, 0.25) is 5.89 Å². The van der Waals surface area contributed by atoms with Gasteiger partial charge in [0.05, 0.1) is 5.52 Å². The molecule has 0 aliphatic heterocycles. The molecule has 0 unspecified atom stereocenters. The van der Waals surface area contributed by atoms with E-state index in [2.05, 4.69) is 15.2 Å². The normalized spacial score (nSPS) is 11.1. The van der Waals surface area contributed by atoms with Gasteiger partial charge in [0.25, 0.3) is 5.89 Å². The van der Waals surface area contributed by atoms with E-state index in [1.807, 2.05) is 60.7 Å². The topological polar surface area (TPSA) is 78.1 Å². The molecule has 132 valence electrons. The molecule has 0 fully saturated rings. The first-order valence-electron chi connectivity index (χ1n) is 8.36. The molecule has 2 aromatic carbocycles. The summed E-state index contributed by atoms with van der Waals surface area (Å²) in [5.74, 6) is 0.129. The van der Waals surface area contributed by atoms with Crippen molar-refractivity contribution in [2.75, 3.05) is 0 Å². The van der Waals surface area contributed by atoms with Gasteiger partial charge in [-0.15, -0.1) is 10.2 Å². The highest BCUT2D eigenvalue weighted by atomic mass is 16.5. The second-order valence-corrected chi connectivity index (χ2v) is 5.73. The number of rotatable bonds is 5. The summed E-state index contributed by atoms with van der Waals surface area (Å²) in [5.41, 5.74) is 2.48. The Morgan fingerprint density at radius 1 is 1.00 bits per heavy atom. The lowest BCUT2D eigenvalue weighted by molar-refractivity contribution is -0.139. The lowest BCUT2D eigenvalue weighted by Crippen LogP contribution is -2.01. The quantitative estimate of drug-likeness (QED) is 0.396. The third kappa shape index (κ3) is 3.90. The highest BCUT2D eigenvalue weighted by molar-refractivity contribution is 5.92. The summed E-state index contributed by atoms with van der Waals surface area (Å²) >= 11 is 0. The number of aromatic nitrogens is 3. The summed E-state index contributed by atoms with van der Waals surface area (Å²) in [5, 5.41) is 8.86. The molecule has 0 aliphatic carbocycles. The minimum atomic E-state index is -0.498. The van der Waals surface area contributed by atoms with Crippen LogP contribution >= 0.6 is 0 Å². The number of nitrogens with zero attached hydrogens (tertiary/aromatic N) is 3. The lowest BCUT2D eigenvalue weighted by atomic mass is 10.1. The molecule has 4 aromatic rings. The summed E-state index contributed by atoms with van der Waals surface area (Å²) in [6, 6.07) is 19.0. The van der Waals surface area contributed by atoms with Crippen LogP contribution in [0.5, 0.6) is 0 Å². The zero-order valence-electron chi connectivity index (χ0n) is 14.3. The smallest absolute Gasteiger partial charge is 0.331 e. The van der Waals surface area contributed by atoms with E-state index in [0.29, 0.717) is 5.89 Å². The molecule has 0 saturated carbocycles. The minimum absolute atomic E-state index is 0.0865. The fourth-order valence-corrected chi connectivity index (χ4v) is 2.61. The highest BCUT2D eigenvalue weighted by Crippen LogP contribution is 2.18. The number of esters is 1. The Labute approximate surface area is 155 Å². The molecule has 27 heavy (non-hydrogen) atoms. The number of pyridine rings is 1. The number of benzene rings is 2. The maximum Gasteiger partial charge on any atom is 0.331 e. The molecule has 0 N–H and O–H groups in total. The third-order valence-corrected chi connectivity index (χ3v) is 3.89. The molecule has 0 atom stereocenters. The zero-order chi connectivity index (χ0) is 18.5. The number of ether oxygens (including phenoxy) is 1. The van der Waals surface area contributed by atoms with Crippen LogP contribution in [0.15, 0.2) is 77.4 Å². The highest BCUT2D eigenvalue weighted by Gasteiger charge is 2.09. The first kappa shape index (κ1) is 16.7. The molecular weight excluding hydrogens is 342 g/mol. The maximum absolute atomic E-state index is 12.0. The largest absolute Gasteiger partial charge is 0.452 e. The number of hydrogen-bond donors (Lipinski definition) is 0. The van der Waals surface area contributed by atoms with Gasteiger partial charge in [0, 0.05) is 28.8 Å². The molecular formula is C21H15N3O3. The van der Waals surface area contributed by atoms with Gasteiger partial charge in [0.15, 0.2) is 6.61 Å². The van der Waals surface area contributed by atoms with Crippen LogP contribution in [0, 0.1) is 0 Å². The molecule has 2 heterocycles. The van der Waals surface area contributed by atoms with Crippen molar-refractivity contribution in [2.24, 2.45) is 0 Å². The van der Waals surface area contributed by atoms with Crippen LogP contribution < -0.4 is 0 Å². The molecule has 0 spiro atoms. The van der Waals surface area contributed by atoms with Crippen LogP contribution in [0.2, 0.25) is 0 Å². The fraction of sp³-hybridized carbons (Fsp3) is 0.0476. The molecule has 0 amide bonds. The first-order valence-corrected chi connectivity index (χ1v) is 8.36. The summed E-state index contributed by atoms with van der Waals surface area (Å²) in [6.45, 7) is -0.0865. The predicted octanol–water partition coefficient (Wildman–Crippen LogP) is 4.04. The second kappa shape index (κ2) is 7.61. The first-order chi connectivity index (χ1) is 13.3. The van der Waals surface area contributed by atoms with E-state index >= 15 is 0 Å². The summed E-state index contributed by atoms with van der Waals surface area (Å²) in [7, 11) is 0. The Balaban J connectivity index is 1.40. The van der Waals surface area contributed by atoms with Gasteiger partial charge >= 0.3 is 5.97 Å². The van der Waals surface area contributed by atoms with Gasteiger partial charge in [0.1, 0.15) is 0 Å². The molecule has 4 rings (SSSR count). The van der Waals surface area contributed by atoms with Crippen molar-refractivity contribution in [1.82, 2.24) is 15.2 Å². The average molecular weight is 357 g/mol. The Morgan fingerprint density at radius 2 is 1.85 bits per heavy atom. The van der Waals surface area contributed by atoms with Gasteiger partial charge in [-0.25, -0.2) is 4.79 Å². The standard InChI is InChI=1S/C21H15N3O3/c25-19(12-11-16-9-4-8-15-10-5-13-22-20(15)16)26-14-18-23-24-21(27-18)17-6-2-1-3-7-17/h1-13H,14H2/b12-11+. The van der Waals surface area contributed by atoms with Crippen molar-refractivity contribution >= 4 is 22.9 Å². The van der Waals surface area contributed by atoms with E-state index in [0.717, 1.165) is 22.0 Å². The Bertz CT molecular complexity index is 1100. The van der Waals surface area contributed by atoms with Crippen LogP contribution in [0.1, 0.15) is 11.5 Å². The van der Waals surface area contributed by atoms with Gasteiger partial charge in [-0.1, -0.05) is 42.5 Å². The summed E-state index contributed by atoms with van der Waals surface area (Å²) in [6.07, 6.45) is 4.76. The Morgan fingerprint density at radius 3 is 2.74 bits per heavy atom. The van der Waals surface area contributed by atoms with E-state index in [1.54, 1.807) is 12.3 Å². The fourth-order valence-electron chi connectivity index (χ4n) is 2.61. The third-order valence-electron chi connectivity index (χ3n) is 3.89. The Kier molecular flexibility index (Phi) is 4.70. The molecule has 6 heteroatoms. The number of fused-ring (bicyclic) bond motifs is 1. The molecule has 2 aromatic heterocycles. The maximum atomic E-state index is 12.0. The average Bonchev–Trinajstić information content (AvgIpc) is 3.20. The van der Waals surface area contributed by atoms with E-state index in [4.69, 9.17) is 9.15 Å². The number of carbonyl (C=O) groups excluding carboxylic acids is 1. The summed E-state index contributed by atoms with van der Waals surface area (Å²) in [4.78, 5) is 16.3. The van der Waals surface area contributed by atoms with Crippen molar-refractivity contribution in [2.45, 2.75) is 6.61 Å². The number of para-hydroxylation sites is 1. The predicted molar refractivity (Wildman–Crippen MR) is 100 cm³/mol. The van der Waals surface area contributed by atoms with E-state index < -0.39 is 5.97 Å². The Hall–Kier alpha value is -3.80. The van der Waals surface area contributed by atoms with Crippen molar-refractivity contribution < 1.29 is 13.9 Å². The van der Waals surface area contributed by atoms with Crippen LogP contribution in [0.25, 0.3) is 28.4 Å².